The van der Waals surface area contributed by atoms with Gasteiger partial charge in [-0.2, -0.15) is 0 Å². The maximum atomic E-state index is 12.3. The molecule has 0 radical (unpaired) electrons. The van der Waals surface area contributed by atoms with E-state index in [9.17, 15) is 4.79 Å². The van der Waals surface area contributed by atoms with E-state index in [1.807, 2.05) is 24.3 Å². The first-order valence-corrected chi connectivity index (χ1v) is 8.40. The van der Waals surface area contributed by atoms with Crippen LogP contribution in [0.3, 0.4) is 0 Å². The molecule has 0 aromatic heterocycles. The van der Waals surface area contributed by atoms with Crippen LogP contribution in [-0.4, -0.2) is 38.6 Å². The Morgan fingerprint density at radius 3 is 2.65 bits per heavy atom. The van der Waals surface area contributed by atoms with Gasteiger partial charge in [0, 0.05) is 25.3 Å². The fourth-order valence-corrected chi connectivity index (χ4v) is 3.48. The third-order valence-electron chi connectivity index (χ3n) is 4.82. The number of carbonyl (C=O) groups is 1. The Bertz CT molecular complexity index is 530. The van der Waals surface area contributed by atoms with Crippen molar-refractivity contribution in [2.24, 2.45) is 5.92 Å². The molecule has 0 bridgehead atoms. The van der Waals surface area contributed by atoms with E-state index in [4.69, 9.17) is 14.2 Å². The van der Waals surface area contributed by atoms with E-state index in [0.29, 0.717) is 19.8 Å². The molecular weight excluding hydrogens is 294 g/mol. The summed E-state index contributed by atoms with van der Waals surface area (Å²) in [6.45, 7) is 1.99. The lowest BCUT2D eigenvalue weighted by molar-refractivity contribution is -0.183. The monoisotopic (exact) mass is 319 g/mol. The molecular formula is C18H25NO4. The number of amides is 1. The molecule has 1 aromatic rings. The first kappa shape index (κ1) is 16.3. The summed E-state index contributed by atoms with van der Waals surface area (Å²) >= 11 is 0. The predicted molar refractivity (Wildman–Crippen MR) is 86.3 cm³/mol. The van der Waals surface area contributed by atoms with Gasteiger partial charge in [-0.1, -0.05) is 18.2 Å². The van der Waals surface area contributed by atoms with Crippen LogP contribution in [-0.2, 0) is 20.7 Å². The quantitative estimate of drug-likeness (QED) is 0.905. The fraction of sp³-hybridized carbons (Fsp3) is 0.611. The van der Waals surface area contributed by atoms with Crippen molar-refractivity contribution in [1.82, 2.24) is 5.32 Å². The molecule has 1 aliphatic heterocycles. The standard InChI is InChI=1S/C18H25NO4/c1-21-16-5-3-2-4-14(16)8-11-19-17(20)15-6-9-18(10-7-15)22-12-13-23-18/h2-5,15H,6-13H2,1H3,(H,19,20). The first-order valence-electron chi connectivity index (χ1n) is 8.40. The third-order valence-corrected chi connectivity index (χ3v) is 4.82. The molecule has 0 unspecified atom stereocenters. The number of para-hydroxylation sites is 1. The van der Waals surface area contributed by atoms with E-state index < -0.39 is 5.79 Å². The van der Waals surface area contributed by atoms with E-state index in [1.165, 1.54) is 0 Å². The molecule has 2 aliphatic rings. The second-order valence-corrected chi connectivity index (χ2v) is 6.23. The molecule has 1 N–H and O–H groups in total. The molecule has 5 heteroatoms. The van der Waals surface area contributed by atoms with E-state index in [-0.39, 0.29) is 11.8 Å². The van der Waals surface area contributed by atoms with Crippen LogP contribution < -0.4 is 10.1 Å². The van der Waals surface area contributed by atoms with Crippen molar-refractivity contribution in [3.05, 3.63) is 29.8 Å². The minimum atomic E-state index is -0.395. The molecule has 1 saturated carbocycles. The van der Waals surface area contributed by atoms with E-state index in [0.717, 1.165) is 43.4 Å². The molecule has 1 amide bonds. The van der Waals surface area contributed by atoms with Crippen LogP contribution in [0.25, 0.3) is 0 Å². The van der Waals surface area contributed by atoms with Gasteiger partial charge in [0.2, 0.25) is 5.91 Å². The van der Waals surface area contributed by atoms with Crippen LogP contribution in [0.4, 0.5) is 0 Å². The first-order chi connectivity index (χ1) is 11.2. The van der Waals surface area contributed by atoms with Gasteiger partial charge < -0.3 is 19.5 Å². The highest BCUT2D eigenvalue weighted by Gasteiger charge is 2.41. The summed E-state index contributed by atoms with van der Waals surface area (Å²) in [5.41, 5.74) is 1.12. The van der Waals surface area contributed by atoms with Crippen molar-refractivity contribution in [3.8, 4) is 5.75 Å². The van der Waals surface area contributed by atoms with Crippen LogP contribution in [0.1, 0.15) is 31.2 Å². The third kappa shape index (κ3) is 3.85. The summed E-state index contributed by atoms with van der Waals surface area (Å²) < 4.78 is 16.7. The minimum absolute atomic E-state index is 0.0751. The zero-order valence-corrected chi connectivity index (χ0v) is 13.7. The molecule has 126 valence electrons. The highest BCUT2D eigenvalue weighted by Crippen LogP contribution is 2.38. The Labute approximate surface area is 137 Å². The van der Waals surface area contributed by atoms with Crippen LogP contribution in [0.5, 0.6) is 5.75 Å². The molecule has 5 nitrogen and oxygen atoms in total. The van der Waals surface area contributed by atoms with Gasteiger partial charge >= 0.3 is 0 Å². The number of carbonyl (C=O) groups excluding carboxylic acids is 1. The highest BCUT2D eigenvalue weighted by molar-refractivity contribution is 5.78. The largest absolute Gasteiger partial charge is 0.496 e. The predicted octanol–water partition coefficient (Wildman–Crippen LogP) is 2.29. The minimum Gasteiger partial charge on any atom is -0.496 e. The number of ether oxygens (including phenoxy) is 3. The Morgan fingerprint density at radius 1 is 1.26 bits per heavy atom. The Kier molecular flexibility index (Phi) is 5.18. The summed E-state index contributed by atoms with van der Waals surface area (Å²) in [5.74, 6) is 0.699. The Morgan fingerprint density at radius 2 is 1.96 bits per heavy atom. The number of methoxy groups -OCH3 is 1. The molecule has 1 aromatic carbocycles. The van der Waals surface area contributed by atoms with Crippen LogP contribution >= 0.6 is 0 Å². The summed E-state index contributed by atoms with van der Waals surface area (Å²) in [5, 5.41) is 3.06. The zero-order chi connectivity index (χ0) is 16.1. The van der Waals surface area contributed by atoms with Gasteiger partial charge in [-0.15, -0.1) is 0 Å². The highest BCUT2D eigenvalue weighted by atomic mass is 16.7. The Hall–Kier alpha value is -1.59. The number of benzene rings is 1. The van der Waals surface area contributed by atoms with Gasteiger partial charge in [-0.25, -0.2) is 0 Å². The maximum Gasteiger partial charge on any atom is 0.223 e. The van der Waals surface area contributed by atoms with Gasteiger partial charge in [-0.3, -0.25) is 4.79 Å². The van der Waals surface area contributed by atoms with Crippen molar-refractivity contribution in [2.45, 2.75) is 37.9 Å². The summed E-state index contributed by atoms with van der Waals surface area (Å²) in [7, 11) is 1.67. The van der Waals surface area contributed by atoms with E-state index in [1.54, 1.807) is 7.11 Å². The van der Waals surface area contributed by atoms with Gasteiger partial charge in [-0.05, 0) is 30.9 Å². The number of hydrogen-bond donors (Lipinski definition) is 1. The fourth-order valence-electron chi connectivity index (χ4n) is 3.48. The lowest BCUT2D eigenvalue weighted by Crippen LogP contribution is -2.40. The van der Waals surface area contributed by atoms with Crippen LogP contribution in [0, 0.1) is 5.92 Å². The average molecular weight is 319 g/mol. The molecule has 23 heavy (non-hydrogen) atoms. The van der Waals surface area contributed by atoms with Crippen molar-refractivity contribution in [1.29, 1.82) is 0 Å². The van der Waals surface area contributed by atoms with Gasteiger partial charge in [0.1, 0.15) is 5.75 Å². The average Bonchev–Trinajstić information content (AvgIpc) is 3.04. The number of rotatable bonds is 5. The van der Waals surface area contributed by atoms with Gasteiger partial charge in [0.25, 0.3) is 0 Å². The summed E-state index contributed by atoms with van der Waals surface area (Å²) in [4.78, 5) is 12.3. The topological polar surface area (TPSA) is 56.8 Å². The smallest absolute Gasteiger partial charge is 0.223 e. The van der Waals surface area contributed by atoms with Crippen molar-refractivity contribution < 1.29 is 19.0 Å². The maximum absolute atomic E-state index is 12.3. The van der Waals surface area contributed by atoms with Gasteiger partial charge in [0.15, 0.2) is 5.79 Å². The van der Waals surface area contributed by atoms with Crippen LogP contribution in [0.2, 0.25) is 0 Å². The summed E-state index contributed by atoms with van der Waals surface area (Å²) in [6.07, 6.45) is 4.08. The molecule has 3 rings (SSSR count). The van der Waals surface area contributed by atoms with E-state index >= 15 is 0 Å². The van der Waals surface area contributed by atoms with E-state index in [2.05, 4.69) is 5.32 Å². The molecule has 1 saturated heterocycles. The lowest BCUT2D eigenvalue weighted by Gasteiger charge is -2.34. The number of hydrogen-bond acceptors (Lipinski definition) is 4. The van der Waals surface area contributed by atoms with Gasteiger partial charge in [0.05, 0.1) is 20.3 Å². The second-order valence-electron chi connectivity index (χ2n) is 6.23. The Balaban J connectivity index is 1.43. The second kappa shape index (κ2) is 7.32. The molecule has 1 aliphatic carbocycles. The summed E-state index contributed by atoms with van der Waals surface area (Å²) in [6, 6.07) is 7.91. The molecule has 2 fully saturated rings. The SMILES string of the molecule is COc1ccccc1CCNC(=O)C1CCC2(CC1)OCCO2. The zero-order valence-electron chi connectivity index (χ0n) is 13.7. The van der Waals surface area contributed by atoms with Crippen molar-refractivity contribution in [2.75, 3.05) is 26.9 Å². The number of nitrogens with one attached hydrogen (secondary N) is 1. The van der Waals surface area contributed by atoms with Crippen molar-refractivity contribution >= 4 is 5.91 Å². The lowest BCUT2D eigenvalue weighted by atomic mass is 9.84. The molecule has 1 spiro atoms. The molecule has 0 atom stereocenters. The molecule has 1 heterocycles. The van der Waals surface area contributed by atoms with Crippen LogP contribution in [0.15, 0.2) is 24.3 Å². The van der Waals surface area contributed by atoms with Crippen molar-refractivity contribution in [3.63, 3.8) is 0 Å². The normalized spacial score (nSPS) is 20.6.